The number of carbonyl (C=O) groups is 1. The third-order valence-electron chi connectivity index (χ3n) is 2.75. The topological polar surface area (TPSA) is 46.3 Å². The number of amides is 1. The van der Waals surface area contributed by atoms with Gasteiger partial charge in [0, 0.05) is 25.6 Å². The molecule has 0 spiro atoms. The van der Waals surface area contributed by atoms with Gasteiger partial charge in [0.15, 0.2) is 0 Å². The van der Waals surface area contributed by atoms with Gasteiger partial charge in [0.25, 0.3) is 0 Å². The lowest BCUT2D eigenvalue weighted by atomic mass is 10.0. The maximum atomic E-state index is 11.6. The van der Waals surface area contributed by atoms with Crippen LogP contribution in [0.4, 0.5) is 0 Å². The highest BCUT2D eigenvalue weighted by Gasteiger charge is 2.30. The molecule has 13 heavy (non-hydrogen) atoms. The molecule has 76 valence electrons. The third-order valence-corrected chi connectivity index (χ3v) is 2.75. The van der Waals surface area contributed by atoms with E-state index in [0.717, 1.165) is 0 Å². The highest BCUT2D eigenvalue weighted by Crippen LogP contribution is 2.26. The van der Waals surface area contributed by atoms with Crippen LogP contribution in [0.1, 0.15) is 33.1 Å². The van der Waals surface area contributed by atoms with Gasteiger partial charge >= 0.3 is 0 Å². The summed E-state index contributed by atoms with van der Waals surface area (Å²) < 4.78 is 0. The molecule has 0 aliphatic heterocycles. The number of nitrogens with zero attached hydrogens (tertiary/aromatic N) is 1. The predicted octanol–water partition coefficient (Wildman–Crippen LogP) is 0.981. The zero-order valence-electron chi connectivity index (χ0n) is 8.79. The Hall–Kier alpha value is -0.570. The summed E-state index contributed by atoms with van der Waals surface area (Å²) in [5.41, 5.74) is 5.83. The molecule has 2 N–H and O–H groups in total. The highest BCUT2D eigenvalue weighted by atomic mass is 16.2. The maximum Gasteiger partial charge on any atom is 0.224 e. The first-order chi connectivity index (χ1) is 6.02. The van der Waals surface area contributed by atoms with E-state index in [1.165, 1.54) is 12.8 Å². The molecule has 1 atom stereocenters. The summed E-state index contributed by atoms with van der Waals surface area (Å²) in [6, 6.07) is 0.514. The molecule has 3 heteroatoms. The molecule has 0 bridgehead atoms. The number of nitrogens with two attached hydrogens (primary N) is 1. The van der Waals surface area contributed by atoms with Gasteiger partial charge in [-0.1, -0.05) is 13.8 Å². The standard InChI is InChI=1S/C10H20N2O/c1-7(2)9(11)6-10(13)12(3)8-4-5-8/h7-9H,4-6,11H2,1-3H3. The van der Waals surface area contributed by atoms with Crippen molar-refractivity contribution in [3.8, 4) is 0 Å². The number of carbonyl (C=O) groups excluding carboxylic acids is 1. The van der Waals surface area contributed by atoms with Crippen LogP contribution in [0.25, 0.3) is 0 Å². The normalized spacial score (nSPS) is 18.8. The van der Waals surface area contributed by atoms with Gasteiger partial charge in [-0.2, -0.15) is 0 Å². The Labute approximate surface area is 80.3 Å². The first-order valence-electron chi connectivity index (χ1n) is 5.03. The van der Waals surface area contributed by atoms with Crippen molar-refractivity contribution in [1.29, 1.82) is 0 Å². The SMILES string of the molecule is CC(C)C(N)CC(=O)N(C)C1CC1. The van der Waals surface area contributed by atoms with Crippen molar-refractivity contribution in [3.63, 3.8) is 0 Å². The lowest BCUT2D eigenvalue weighted by molar-refractivity contribution is -0.130. The Morgan fingerprint density at radius 3 is 2.46 bits per heavy atom. The summed E-state index contributed by atoms with van der Waals surface area (Å²) in [5.74, 6) is 0.584. The van der Waals surface area contributed by atoms with Gasteiger partial charge < -0.3 is 10.6 Å². The van der Waals surface area contributed by atoms with Crippen LogP contribution in [-0.4, -0.2) is 29.9 Å². The van der Waals surface area contributed by atoms with E-state index in [0.29, 0.717) is 18.4 Å². The summed E-state index contributed by atoms with van der Waals surface area (Å²) in [4.78, 5) is 13.4. The van der Waals surface area contributed by atoms with Crippen LogP contribution in [0.3, 0.4) is 0 Å². The van der Waals surface area contributed by atoms with Crippen LogP contribution >= 0.6 is 0 Å². The first-order valence-corrected chi connectivity index (χ1v) is 5.03. The first kappa shape index (κ1) is 10.5. The van der Waals surface area contributed by atoms with Crippen LogP contribution < -0.4 is 5.73 Å². The quantitative estimate of drug-likeness (QED) is 0.708. The van der Waals surface area contributed by atoms with E-state index >= 15 is 0 Å². The molecule has 0 heterocycles. The molecule has 1 unspecified atom stereocenters. The minimum Gasteiger partial charge on any atom is -0.343 e. The van der Waals surface area contributed by atoms with Crippen LogP contribution in [0, 0.1) is 5.92 Å². The molecule has 0 radical (unpaired) electrons. The van der Waals surface area contributed by atoms with E-state index in [1.54, 1.807) is 0 Å². The Morgan fingerprint density at radius 1 is 1.54 bits per heavy atom. The lowest BCUT2D eigenvalue weighted by Crippen LogP contribution is -2.36. The van der Waals surface area contributed by atoms with E-state index < -0.39 is 0 Å². The molecule has 0 aromatic heterocycles. The molecular weight excluding hydrogens is 164 g/mol. The Balaban J connectivity index is 2.30. The van der Waals surface area contributed by atoms with Gasteiger partial charge in [0.05, 0.1) is 0 Å². The van der Waals surface area contributed by atoms with Crippen molar-refractivity contribution in [2.75, 3.05) is 7.05 Å². The predicted molar refractivity (Wildman–Crippen MR) is 53.2 cm³/mol. The average Bonchev–Trinajstić information content (AvgIpc) is 2.85. The second-order valence-electron chi connectivity index (χ2n) is 4.35. The lowest BCUT2D eigenvalue weighted by Gasteiger charge is -2.20. The maximum absolute atomic E-state index is 11.6. The molecule has 1 saturated carbocycles. The van der Waals surface area contributed by atoms with E-state index in [9.17, 15) is 4.79 Å². The van der Waals surface area contributed by atoms with Gasteiger partial charge in [-0.3, -0.25) is 4.79 Å². The Bertz CT molecular complexity index is 187. The van der Waals surface area contributed by atoms with E-state index in [4.69, 9.17) is 5.73 Å². The van der Waals surface area contributed by atoms with Gasteiger partial charge in [-0.15, -0.1) is 0 Å². The minimum atomic E-state index is 0.00806. The van der Waals surface area contributed by atoms with Gasteiger partial charge in [0.1, 0.15) is 0 Å². The monoisotopic (exact) mass is 184 g/mol. The Morgan fingerprint density at radius 2 is 2.08 bits per heavy atom. The molecular formula is C10H20N2O. The summed E-state index contributed by atoms with van der Waals surface area (Å²) in [6.45, 7) is 4.10. The van der Waals surface area contributed by atoms with Crippen molar-refractivity contribution in [1.82, 2.24) is 4.90 Å². The van der Waals surface area contributed by atoms with Crippen molar-refractivity contribution >= 4 is 5.91 Å². The summed E-state index contributed by atoms with van der Waals surface area (Å²) >= 11 is 0. The van der Waals surface area contributed by atoms with Crippen molar-refractivity contribution in [2.45, 2.75) is 45.2 Å². The van der Waals surface area contributed by atoms with E-state index in [1.807, 2.05) is 11.9 Å². The van der Waals surface area contributed by atoms with Gasteiger partial charge in [-0.25, -0.2) is 0 Å². The molecule has 0 saturated heterocycles. The Kier molecular flexibility index (Phi) is 3.31. The van der Waals surface area contributed by atoms with E-state index in [2.05, 4.69) is 13.8 Å². The number of rotatable bonds is 4. The highest BCUT2D eigenvalue weighted by molar-refractivity contribution is 5.77. The number of hydrogen-bond donors (Lipinski definition) is 1. The van der Waals surface area contributed by atoms with Gasteiger partial charge in [-0.05, 0) is 18.8 Å². The van der Waals surface area contributed by atoms with Crippen molar-refractivity contribution in [3.05, 3.63) is 0 Å². The van der Waals surface area contributed by atoms with Crippen LogP contribution in [0.2, 0.25) is 0 Å². The summed E-state index contributed by atoms with van der Waals surface area (Å²) in [7, 11) is 1.88. The van der Waals surface area contributed by atoms with Crippen LogP contribution in [0.5, 0.6) is 0 Å². The minimum absolute atomic E-state index is 0.00806. The van der Waals surface area contributed by atoms with Crippen molar-refractivity contribution < 1.29 is 4.79 Å². The fourth-order valence-electron chi connectivity index (χ4n) is 1.25. The molecule has 0 aromatic rings. The molecule has 1 amide bonds. The van der Waals surface area contributed by atoms with Gasteiger partial charge in [0.2, 0.25) is 5.91 Å². The number of hydrogen-bond acceptors (Lipinski definition) is 2. The summed E-state index contributed by atoms with van der Waals surface area (Å²) in [5, 5.41) is 0. The zero-order chi connectivity index (χ0) is 10.0. The smallest absolute Gasteiger partial charge is 0.224 e. The average molecular weight is 184 g/mol. The molecule has 1 rings (SSSR count). The zero-order valence-corrected chi connectivity index (χ0v) is 8.79. The molecule has 0 aromatic carbocycles. The van der Waals surface area contributed by atoms with Crippen LogP contribution in [0.15, 0.2) is 0 Å². The van der Waals surface area contributed by atoms with Crippen LogP contribution in [-0.2, 0) is 4.79 Å². The molecule has 1 aliphatic carbocycles. The third kappa shape index (κ3) is 2.99. The fraction of sp³-hybridized carbons (Fsp3) is 0.900. The largest absolute Gasteiger partial charge is 0.343 e. The van der Waals surface area contributed by atoms with Crippen molar-refractivity contribution in [2.24, 2.45) is 11.7 Å². The fourth-order valence-corrected chi connectivity index (χ4v) is 1.25. The second kappa shape index (κ2) is 4.09. The molecule has 1 fully saturated rings. The summed E-state index contributed by atoms with van der Waals surface area (Å²) in [6.07, 6.45) is 2.82. The van der Waals surface area contributed by atoms with E-state index in [-0.39, 0.29) is 11.9 Å². The molecule has 1 aliphatic rings. The second-order valence-corrected chi connectivity index (χ2v) is 4.35. The molecule has 3 nitrogen and oxygen atoms in total.